The molecule has 0 aromatic heterocycles. The lowest BCUT2D eigenvalue weighted by molar-refractivity contribution is 0.114. The SMILES string of the molecule is CCCC(CCCCOCC)(CCCCOCC)CCCCOCC. The number of unbranched alkanes of at least 4 members (excludes halogenated alkanes) is 3. The molecule has 0 unspecified atom stereocenters. The minimum absolute atomic E-state index is 0.527. The van der Waals surface area contributed by atoms with E-state index in [1.165, 1.54) is 70.6 Å². The molecule has 0 heterocycles. The van der Waals surface area contributed by atoms with Crippen LogP contribution in [-0.4, -0.2) is 39.6 Å². The second-order valence-corrected chi connectivity index (χ2v) is 7.21. The Hall–Kier alpha value is -0.120. The molecule has 0 aliphatic heterocycles. The fourth-order valence-corrected chi connectivity index (χ4v) is 3.83. The standard InChI is InChI=1S/C22H46O3/c1-5-15-22(16-9-12-19-23-6-2,17-10-13-20-24-7-3)18-11-14-21-25-8-4/h5-21H2,1-4H3. The second kappa shape index (κ2) is 18.7. The first-order chi connectivity index (χ1) is 12.2. The molecule has 3 nitrogen and oxygen atoms in total. The third-order valence-corrected chi connectivity index (χ3v) is 5.13. The number of hydrogen-bond donors (Lipinski definition) is 0. The average Bonchev–Trinajstić information content (AvgIpc) is 2.61. The van der Waals surface area contributed by atoms with Gasteiger partial charge < -0.3 is 14.2 Å². The summed E-state index contributed by atoms with van der Waals surface area (Å²) in [4.78, 5) is 0. The predicted octanol–water partition coefficient (Wildman–Crippen LogP) is 6.39. The van der Waals surface area contributed by atoms with Crippen molar-refractivity contribution >= 4 is 0 Å². The minimum atomic E-state index is 0.527. The van der Waals surface area contributed by atoms with Crippen LogP contribution in [0.5, 0.6) is 0 Å². The number of hydrogen-bond acceptors (Lipinski definition) is 3. The smallest absolute Gasteiger partial charge is 0.0465 e. The van der Waals surface area contributed by atoms with Crippen LogP contribution in [0.2, 0.25) is 0 Å². The summed E-state index contributed by atoms with van der Waals surface area (Å²) >= 11 is 0. The molecule has 0 saturated carbocycles. The third kappa shape index (κ3) is 14.7. The van der Waals surface area contributed by atoms with Gasteiger partial charge in [-0.3, -0.25) is 0 Å². The third-order valence-electron chi connectivity index (χ3n) is 5.13. The summed E-state index contributed by atoms with van der Waals surface area (Å²) in [7, 11) is 0. The molecule has 0 amide bonds. The molecule has 0 atom stereocenters. The largest absolute Gasteiger partial charge is 0.382 e. The fourth-order valence-electron chi connectivity index (χ4n) is 3.83. The van der Waals surface area contributed by atoms with Crippen molar-refractivity contribution in [2.24, 2.45) is 5.41 Å². The molecule has 25 heavy (non-hydrogen) atoms. The normalized spacial score (nSPS) is 12.0. The highest BCUT2D eigenvalue weighted by molar-refractivity contribution is 4.79. The maximum atomic E-state index is 5.53. The highest BCUT2D eigenvalue weighted by atomic mass is 16.5. The molecule has 0 saturated heterocycles. The lowest BCUT2D eigenvalue weighted by Gasteiger charge is -2.34. The molecule has 0 rings (SSSR count). The van der Waals surface area contributed by atoms with Crippen molar-refractivity contribution in [3.8, 4) is 0 Å². The van der Waals surface area contributed by atoms with Gasteiger partial charge in [0.2, 0.25) is 0 Å². The van der Waals surface area contributed by atoms with Gasteiger partial charge in [-0.05, 0) is 71.1 Å². The summed E-state index contributed by atoms with van der Waals surface area (Å²) in [6.45, 7) is 13.9. The number of ether oxygens (including phenoxy) is 3. The summed E-state index contributed by atoms with van der Waals surface area (Å²) in [5.41, 5.74) is 0.527. The Morgan fingerprint density at radius 3 is 1.12 bits per heavy atom. The van der Waals surface area contributed by atoms with Gasteiger partial charge in [-0.25, -0.2) is 0 Å². The topological polar surface area (TPSA) is 27.7 Å². The van der Waals surface area contributed by atoms with Crippen LogP contribution in [0.15, 0.2) is 0 Å². The second-order valence-electron chi connectivity index (χ2n) is 7.21. The first kappa shape index (κ1) is 24.9. The van der Waals surface area contributed by atoms with Crippen molar-refractivity contribution in [3.05, 3.63) is 0 Å². The van der Waals surface area contributed by atoms with E-state index in [0.29, 0.717) is 5.41 Å². The Balaban J connectivity index is 4.40. The summed E-state index contributed by atoms with van der Waals surface area (Å²) in [6.07, 6.45) is 14.3. The summed E-state index contributed by atoms with van der Waals surface area (Å²) in [6, 6.07) is 0. The van der Waals surface area contributed by atoms with Crippen LogP contribution in [0.3, 0.4) is 0 Å². The molecule has 0 aliphatic rings. The van der Waals surface area contributed by atoms with Gasteiger partial charge in [0, 0.05) is 39.6 Å². The lowest BCUT2D eigenvalue weighted by atomic mass is 9.71. The van der Waals surface area contributed by atoms with Crippen molar-refractivity contribution in [2.45, 2.75) is 98.3 Å². The molecule has 0 fully saturated rings. The molecule has 0 aromatic rings. The Morgan fingerprint density at radius 1 is 0.480 bits per heavy atom. The van der Waals surface area contributed by atoms with Crippen LogP contribution in [0.25, 0.3) is 0 Å². The van der Waals surface area contributed by atoms with Crippen LogP contribution in [0.4, 0.5) is 0 Å². The number of rotatable bonds is 20. The molecule has 0 radical (unpaired) electrons. The van der Waals surface area contributed by atoms with Crippen LogP contribution in [0, 0.1) is 5.41 Å². The minimum Gasteiger partial charge on any atom is -0.382 e. The zero-order valence-corrected chi connectivity index (χ0v) is 17.7. The Morgan fingerprint density at radius 2 is 0.840 bits per heavy atom. The van der Waals surface area contributed by atoms with E-state index in [2.05, 4.69) is 27.7 Å². The van der Waals surface area contributed by atoms with E-state index in [4.69, 9.17) is 14.2 Å². The van der Waals surface area contributed by atoms with Crippen LogP contribution < -0.4 is 0 Å². The van der Waals surface area contributed by atoms with Gasteiger partial charge in [-0.2, -0.15) is 0 Å². The van der Waals surface area contributed by atoms with Crippen molar-refractivity contribution in [3.63, 3.8) is 0 Å². The molecule has 0 bridgehead atoms. The molecule has 0 N–H and O–H groups in total. The van der Waals surface area contributed by atoms with Gasteiger partial charge in [0.15, 0.2) is 0 Å². The zero-order valence-electron chi connectivity index (χ0n) is 17.7. The Labute approximate surface area is 158 Å². The van der Waals surface area contributed by atoms with E-state index in [-0.39, 0.29) is 0 Å². The van der Waals surface area contributed by atoms with Crippen molar-refractivity contribution < 1.29 is 14.2 Å². The maximum absolute atomic E-state index is 5.53. The summed E-state index contributed by atoms with van der Waals surface area (Å²) < 4.78 is 16.6. The quantitative estimate of drug-likeness (QED) is 0.236. The lowest BCUT2D eigenvalue weighted by Crippen LogP contribution is -2.22. The van der Waals surface area contributed by atoms with E-state index >= 15 is 0 Å². The van der Waals surface area contributed by atoms with Gasteiger partial charge in [0.1, 0.15) is 0 Å². The summed E-state index contributed by atoms with van der Waals surface area (Å²) in [5, 5.41) is 0. The average molecular weight is 359 g/mol. The Kier molecular flexibility index (Phi) is 18.6. The van der Waals surface area contributed by atoms with E-state index in [0.717, 1.165) is 39.6 Å². The van der Waals surface area contributed by atoms with Crippen LogP contribution in [-0.2, 0) is 14.2 Å². The molecule has 0 aromatic carbocycles. The van der Waals surface area contributed by atoms with E-state index < -0.39 is 0 Å². The molecular weight excluding hydrogens is 312 g/mol. The predicted molar refractivity (Wildman–Crippen MR) is 108 cm³/mol. The molecular formula is C22H46O3. The molecule has 0 spiro atoms. The van der Waals surface area contributed by atoms with E-state index in [9.17, 15) is 0 Å². The van der Waals surface area contributed by atoms with Crippen LogP contribution >= 0.6 is 0 Å². The van der Waals surface area contributed by atoms with Crippen molar-refractivity contribution in [1.29, 1.82) is 0 Å². The van der Waals surface area contributed by atoms with Crippen LogP contribution in [0.1, 0.15) is 98.3 Å². The first-order valence-electron chi connectivity index (χ1n) is 11.0. The first-order valence-corrected chi connectivity index (χ1v) is 11.0. The van der Waals surface area contributed by atoms with Gasteiger partial charge in [-0.1, -0.05) is 32.6 Å². The maximum Gasteiger partial charge on any atom is 0.0465 e. The highest BCUT2D eigenvalue weighted by Crippen LogP contribution is 2.40. The monoisotopic (exact) mass is 358 g/mol. The van der Waals surface area contributed by atoms with Gasteiger partial charge in [0.25, 0.3) is 0 Å². The van der Waals surface area contributed by atoms with E-state index in [1.807, 2.05) is 0 Å². The molecule has 0 aliphatic carbocycles. The molecule has 3 heteroatoms. The van der Waals surface area contributed by atoms with Gasteiger partial charge in [-0.15, -0.1) is 0 Å². The summed E-state index contributed by atoms with van der Waals surface area (Å²) in [5.74, 6) is 0. The Bertz CT molecular complexity index is 220. The fraction of sp³-hybridized carbons (Fsp3) is 1.00. The highest BCUT2D eigenvalue weighted by Gasteiger charge is 2.27. The van der Waals surface area contributed by atoms with Gasteiger partial charge in [0.05, 0.1) is 0 Å². The van der Waals surface area contributed by atoms with Crippen molar-refractivity contribution in [1.82, 2.24) is 0 Å². The van der Waals surface area contributed by atoms with Crippen molar-refractivity contribution in [2.75, 3.05) is 39.6 Å². The van der Waals surface area contributed by atoms with E-state index in [1.54, 1.807) is 0 Å². The van der Waals surface area contributed by atoms with Gasteiger partial charge >= 0.3 is 0 Å². The zero-order chi connectivity index (χ0) is 18.6. The molecule has 152 valence electrons.